The van der Waals surface area contributed by atoms with Crippen LogP contribution in [-0.4, -0.2) is 23.2 Å². The van der Waals surface area contributed by atoms with Gasteiger partial charge in [0, 0.05) is 6.07 Å². The molecule has 0 atom stereocenters. The lowest BCUT2D eigenvalue weighted by atomic mass is 10.3. The number of carboxylic acid groups (broad SMARTS) is 1. The lowest BCUT2D eigenvalue weighted by Crippen LogP contribution is -2.05. The summed E-state index contributed by atoms with van der Waals surface area (Å²) in [6.07, 6.45) is 0. The topological polar surface area (TPSA) is 59.4 Å². The zero-order valence-electron chi connectivity index (χ0n) is 7.17. The second kappa shape index (κ2) is 3.62. The number of carbonyl (C=O) groups is 1. The van der Waals surface area contributed by atoms with Gasteiger partial charge in [-0.25, -0.2) is 9.78 Å². The molecule has 13 heavy (non-hydrogen) atoms. The molecule has 4 nitrogen and oxygen atoms in total. The number of ether oxygens (including phenoxy) is 1. The first-order valence-corrected chi connectivity index (χ1v) is 3.88. The van der Waals surface area contributed by atoms with Gasteiger partial charge in [0.05, 0.1) is 17.8 Å². The maximum Gasteiger partial charge on any atom is 0.358 e. The van der Waals surface area contributed by atoms with Crippen molar-refractivity contribution in [3.63, 3.8) is 0 Å². The molecule has 0 radical (unpaired) electrons. The number of hydrogen-bond acceptors (Lipinski definition) is 3. The molecule has 1 N–H and O–H groups in total. The van der Waals surface area contributed by atoms with E-state index in [9.17, 15) is 4.79 Å². The molecule has 0 unspecified atom stereocenters. The van der Waals surface area contributed by atoms with Crippen molar-refractivity contribution in [3.8, 4) is 5.75 Å². The molecule has 1 rings (SSSR count). The molecule has 1 heterocycles. The summed E-state index contributed by atoms with van der Waals surface area (Å²) in [5.74, 6) is -0.959. The third kappa shape index (κ3) is 1.89. The lowest BCUT2D eigenvalue weighted by Gasteiger charge is -2.05. The predicted octanol–water partition coefficient (Wildman–Crippen LogP) is 1.75. The maximum absolute atomic E-state index is 10.7. The van der Waals surface area contributed by atoms with E-state index in [4.69, 9.17) is 21.4 Å². The van der Waals surface area contributed by atoms with Crippen molar-refractivity contribution < 1.29 is 14.6 Å². The van der Waals surface area contributed by atoms with Gasteiger partial charge in [-0.3, -0.25) is 0 Å². The minimum atomic E-state index is -1.13. The van der Waals surface area contributed by atoms with Gasteiger partial charge < -0.3 is 9.84 Å². The van der Waals surface area contributed by atoms with Gasteiger partial charge in [-0.1, -0.05) is 11.6 Å². The van der Waals surface area contributed by atoms with Crippen LogP contribution in [0, 0.1) is 6.92 Å². The van der Waals surface area contributed by atoms with Gasteiger partial charge in [0.2, 0.25) is 0 Å². The van der Waals surface area contributed by atoms with Crippen LogP contribution in [0.15, 0.2) is 6.07 Å². The van der Waals surface area contributed by atoms with E-state index in [1.54, 1.807) is 6.92 Å². The van der Waals surface area contributed by atoms with E-state index in [-0.39, 0.29) is 11.4 Å². The Labute approximate surface area is 80.1 Å². The summed E-state index contributed by atoms with van der Waals surface area (Å²) in [6, 6.07) is 1.44. The molecule has 70 valence electrons. The quantitative estimate of drug-likeness (QED) is 0.792. The standard InChI is InChI=1S/C8H8ClNO3/c1-4-5(9)3-6(13-2)7(10-4)8(11)12/h3H,1-2H3,(H,11,12). The van der Waals surface area contributed by atoms with Gasteiger partial charge in [0.25, 0.3) is 0 Å². The lowest BCUT2D eigenvalue weighted by molar-refractivity contribution is 0.0686. The summed E-state index contributed by atoms with van der Waals surface area (Å²) in [5.41, 5.74) is 0.351. The first kappa shape index (κ1) is 9.80. The fourth-order valence-electron chi connectivity index (χ4n) is 0.873. The van der Waals surface area contributed by atoms with E-state index in [1.165, 1.54) is 13.2 Å². The molecule has 0 aliphatic carbocycles. The van der Waals surface area contributed by atoms with E-state index in [0.717, 1.165) is 0 Å². The van der Waals surface area contributed by atoms with Crippen LogP contribution >= 0.6 is 11.6 Å². The molecule has 0 amide bonds. The molecule has 0 spiro atoms. The Morgan fingerprint density at radius 2 is 2.31 bits per heavy atom. The number of halogens is 1. The first-order chi connectivity index (χ1) is 6.06. The van der Waals surface area contributed by atoms with E-state index in [0.29, 0.717) is 10.7 Å². The molecule has 0 aromatic carbocycles. The van der Waals surface area contributed by atoms with Gasteiger partial charge in [-0.2, -0.15) is 0 Å². The number of methoxy groups -OCH3 is 1. The second-order valence-electron chi connectivity index (χ2n) is 2.41. The number of aromatic carboxylic acids is 1. The van der Waals surface area contributed by atoms with Crippen LogP contribution in [0.4, 0.5) is 0 Å². The average Bonchev–Trinajstić information content (AvgIpc) is 2.08. The second-order valence-corrected chi connectivity index (χ2v) is 2.82. The fourth-order valence-corrected chi connectivity index (χ4v) is 1.01. The minimum absolute atomic E-state index is 0.121. The number of aromatic nitrogens is 1. The average molecular weight is 202 g/mol. The highest BCUT2D eigenvalue weighted by Gasteiger charge is 2.14. The molecule has 5 heteroatoms. The smallest absolute Gasteiger partial charge is 0.358 e. The van der Waals surface area contributed by atoms with Gasteiger partial charge in [0.15, 0.2) is 11.4 Å². The number of carboxylic acids is 1. The maximum atomic E-state index is 10.7. The van der Waals surface area contributed by atoms with Crippen LogP contribution in [0.3, 0.4) is 0 Å². The normalized spacial score (nSPS) is 9.77. The largest absolute Gasteiger partial charge is 0.494 e. The van der Waals surface area contributed by atoms with Crippen molar-refractivity contribution in [1.82, 2.24) is 4.98 Å². The van der Waals surface area contributed by atoms with Crippen LogP contribution in [-0.2, 0) is 0 Å². The molecular formula is C8H8ClNO3. The summed E-state index contributed by atoms with van der Waals surface area (Å²) < 4.78 is 4.81. The summed E-state index contributed by atoms with van der Waals surface area (Å²) in [4.78, 5) is 14.4. The number of aryl methyl sites for hydroxylation is 1. The van der Waals surface area contributed by atoms with Crippen molar-refractivity contribution in [2.75, 3.05) is 7.11 Å². The zero-order valence-corrected chi connectivity index (χ0v) is 7.92. The van der Waals surface area contributed by atoms with Crippen LogP contribution in [0.5, 0.6) is 5.75 Å². The summed E-state index contributed by atoms with van der Waals surface area (Å²) in [5, 5.41) is 9.12. The Hall–Kier alpha value is -1.29. The summed E-state index contributed by atoms with van der Waals surface area (Å²) in [7, 11) is 1.37. The van der Waals surface area contributed by atoms with Crippen molar-refractivity contribution >= 4 is 17.6 Å². The fraction of sp³-hybridized carbons (Fsp3) is 0.250. The number of rotatable bonds is 2. The van der Waals surface area contributed by atoms with E-state index >= 15 is 0 Å². The predicted molar refractivity (Wildman–Crippen MR) is 47.5 cm³/mol. The number of nitrogens with zero attached hydrogens (tertiary/aromatic N) is 1. The van der Waals surface area contributed by atoms with Crippen molar-refractivity contribution in [2.45, 2.75) is 6.92 Å². The molecule has 0 fully saturated rings. The molecule has 1 aromatic rings. The van der Waals surface area contributed by atoms with Crippen LogP contribution in [0.25, 0.3) is 0 Å². The zero-order chi connectivity index (χ0) is 10.0. The first-order valence-electron chi connectivity index (χ1n) is 3.50. The van der Waals surface area contributed by atoms with Crippen molar-refractivity contribution in [3.05, 3.63) is 22.5 Å². The van der Waals surface area contributed by atoms with E-state index < -0.39 is 5.97 Å². The number of hydrogen-bond donors (Lipinski definition) is 1. The summed E-state index contributed by atoms with van der Waals surface area (Å²) >= 11 is 5.73. The SMILES string of the molecule is COc1cc(Cl)c(C)nc1C(=O)O. The highest BCUT2D eigenvalue weighted by Crippen LogP contribution is 2.23. The van der Waals surface area contributed by atoms with E-state index in [1.807, 2.05) is 0 Å². The molecule has 0 saturated heterocycles. The molecule has 0 saturated carbocycles. The molecular weight excluding hydrogens is 194 g/mol. The molecule has 1 aromatic heterocycles. The van der Waals surface area contributed by atoms with Gasteiger partial charge in [0.1, 0.15) is 0 Å². The third-order valence-electron chi connectivity index (χ3n) is 1.54. The Balaban J connectivity index is 3.33. The summed E-state index contributed by atoms with van der Waals surface area (Å²) in [6.45, 7) is 1.63. The number of pyridine rings is 1. The molecule has 0 bridgehead atoms. The Morgan fingerprint density at radius 3 is 2.77 bits per heavy atom. The highest BCUT2D eigenvalue weighted by atomic mass is 35.5. The van der Waals surface area contributed by atoms with Gasteiger partial charge >= 0.3 is 5.97 Å². The van der Waals surface area contributed by atoms with E-state index in [2.05, 4.69) is 4.98 Å². The monoisotopic (exact) mass is 201 g/mol. The van der Waals surface area contributed by atoms with Gasteiger partial charge in [-0.15, -0.1) is 0 Å². The van der Waals surface area contributed by atoms with Crippen molar-refractivity contribution in [1.29, 1.82) is 0 Å². The Morgan fingerprint density at radius 1 is 1.69 bits per heavy atom. The Kier molecular flexibility index (Phi) is 2.72. The third-order valence-corrected chi connectivity index (χ3v) is 1.92. The van der Waals surface area contributed by atoms with Crippen molar-refractivity contribution in [2.24, 2.45) is 0 Å². The van der Waals surface area contributed by atoms with Crippen LogP contribution in [0.2, 0.25) is 5.02 Å². The highest BCUT2D eigenvalue weighted by molar-refractivity contribution is 6.31. The van der Waals surface area contributed by atoms with Crippen LogP contribution in [0.1, 0.15) is 16.2 Å². The van der Waals surface area contributed by atoms with Crippen LogP contribution < -0.4 is 4.74 Å². The van der Waals surface area contributed by atoms with Gasteiger partial charge in [-0.05, 0) is 6.92 Å². The minimum Gasteiger partial charge on any atom is -0.494 e. The molecule has 0 aliphatic rings. The Bertz CT molecular complexity index is 351. The molecule has 0 aliphatic heterocycles.